The standard InChI is InChI=1S/C19H44N2O4Si2/c1-15-4-5-16(20-11-17(22)13-24-6-2-8-26)10-19(15)21-12-18(23)14-25-7-3-9-27/h15-23H,2-14H2,1,26-27H3/t15-,16?,17?,18?,19?/m1/s1. The fourth-order valence-corrected chi connectivity index (χ4v) is 4.01. The summed E-state index contributed by atoms with van der Waals surface area (Å²) in [5, 5.41) is 27.2. The largest absolute Gasteiger partial charge is 0.389 e. The van der Waals surface area contributed by atoms with Crippen LogP contribution in [0.3, 0.4) is 0 Å². The van der Waals surface area contributed by atoms with E-state index in [1.165, 1.54) is 32.6 Å². The van der Waals surface area contributed by atoms with Crippen LogP contribution in [0.25, 0.3) is 0 Å². The van der Waals surface area contributed by atoms with E-state index >= 15 is 0 Å². The zero-order valence-electron chi connectivity index (χ0n) is 17.8. The SMILES string of the molecule is C[C@@H]1CCC(NCC(O)COCCC[SiH3])CC1NCC(O)COCCC[SiH3]. The van der Waals surface area contributed by atoms with Crippen molar-refractivity contribution in [3.63, 3.8) is 0 Å². The van der Waals surface area contributed by atoms with E-state index in [4.69, 9.17) is 9.47 Å². The molecule has 162 valence electrons. The molecule has 0 radical (unpaired) electrons. The zero-order valence-corrected chi connectivity index (χ0v) is 21.8. The molecule has 1 aliphatic rings. The zero-order chi connectivity index (χ0) is 19.9. The third kappa shape index (κ3) is 12.4. The van der Waals surface area contributed by atoms with Gasteiger partial charge in [-0.2, -0.15) is 0 Å². The molecule has 27 heavy (non-hydrogen) atoms. The van der Waals surface area contributed by atoms with Crippen LogP contribution in [0.4, 0.5) is 0 Å². The number of hydrogen-bond acceptors (Lipinski definition) is 6. The van der Waals surface area contributed by atoms with Gasteiger partial charge in [0.25, 0.3) is 0 Å². The van der Waals surface area contributed by atoms with Crippen molar-refractivity contribution >= 4 is 20.5 Å². The predicted molar refractivity (Wildman–Crippen MR) is 119 cm³/mol. The van der Waals surface area contributed by atoms with Crippen molar-refractivity contribution in [3.05, 3.63) is 0 Å². The number of aliphatic hydroxyl groups excluding tert-OH is 2. The second-order valence-corrected chi connectivity index (χ2v) is 10.1. The Hall–Kier alpha value is 0.194. The first kappa shape index (κ1) is 25.2. The van der Waals surface area contributed by atoms with E-state index < -0.39 is 12.2 Å². The monoisotopic (exact) mass is 420 g/mol. The summed E-state index contributed by atoms with van der Waals surface area (Å²) in [5.41, 5.74) is 0. The minimum atomic E-state index is -0.440. The predicted octanol–water partition coefficient (Wildman–Crippen LogP) is -1.17. The Morgan fingerprint density at radius 1 is 0.926 bits per heavy atom. The van der Waals surface area contributed by atoms with Gasteiger partial charge in [-0.1, -0.05) is 19.0 Å². The molecule has 0 aromatic carbocycles. The first-order chi connectivity index (χ1) is 13.1. The van der Waals surface area contributed by atoms with Crippen molar-refractivity contribution in [2.45, 2.75) is 75.4 Å². The maximum absolute atomic E-state index is 10.1. The van der Waals surface area contributed by atoms with E-state index in [9.17, 15) is 10.2 Å². The Labute approximate surface area is 172 Å². The van der Waals surface area contributed by atoms with E-state index in [1.54, 1.807) is 0 Å². The van der Waals surface area contributed by atoms with Gasteiger partial charge in [-0.3, -0.25) is 0 Å². The van der Waals surface area contributed by atoms with E-state index in [1.807, 2.05) is 0 Å². The average molecular weight is 421 g/mol. The average Bonchev–Trinajstić information content (AvgIpc) is 2.67. The van der Waals surface area contributed by atoms with Gasteiger partial charge in [-0.25, -0.2) is 0 Å². The van der Waals surface area contributed by atoms with Gasteiger partial charge in [0.1, 0.15) is 0 Å². The molecule has 1 rings (SSSR count). The second kappa shape index (κ2) is 16.0. The molecule has 0 aromatic heterocycles. The summed E-state index contributed by atoms with van der Waals surface area (Å²) in [6.07, 6.45) is 4.67. The highest BCUT2D eigenvalue weighted by atomic mass is 28.1. The number of hydrogen-bond donors (Lipinski definition) is 4. The molecule has 4 unspecified atom stereocenters. The minimum Gasteiger partial charge on any atom is -0.389 e. The smallest absolute Gasteiger partial charge is 0.0897 e. The molecule has 0 spiro atoms. The number of nitrogens with one attached hydrogen (secondary N) is 2. The highest BCUT2D eigenvalue weighted by Gasteiger charge is 2.27. The van der Waals surface area contributed by atoms with Crippen LogP contribution in [0.2, 0.25) is 12.1 Å². The molecule has 0 bridgehead atoms. The Balaban J connectivity index is 2.19. The molecule has 4 N–H and O–H groups in total. The third-order valence-corrected chi connectivity index (χ3v) is 6.77. The first-order valence-corrected chi connectivity index (χ1v) is 13.9. The van der Waals surface area contributed by atoms with Gasteiger partial charge in [0.2, 0.25) is 0 Å². The van der Waals surface area contributed by atoms with Gasteiger partial charge in [0.05, 0.1) is 25.4 Å². The lowest BCUT2D eigenvalue weighted by molar-refractivity contribution is 0.0310. The van der Waals surface area contributed by atoms with Gasteiger partial charge in [0.15, 0.2) is 0 Å². The highest BCUT2D eigenvalue weighted by molar-refractivity contribution is 6.08. The van der Waals surface area contributed by atoms with Crippen LogP contribution in [-0.2, 0) is 9.47 Å². The summed E-state index contributed by atoms with van der Waals surface area (Å²) in [5.74, 6) is 0.604. The fraction of sp³-hybridized carbons (Fsp3) is 1.00. The molecule has 1 aliphatic carbocycles. The summed E-state index contributed by atoms with van der Waals surface area (Å²) >= 11 is 0. The van der Waals surface area contributed by atoms with Crippen LogP contribution in [0, 0.1) is 5.92 Å². The maximum Gasteiger partial charge on any atom is 0.0897 e. The normalized spacial score (nSPS) is 25.7. The summed E-state index contributed by atoms with van der Waals surface area (Å²) in [4.78, 5) is 0. The Morgan fingerprint density at radius 2 is 1.48 bits per heavy atom. The van der Waals surface area contributed by atoms with Gasteiger partial charge in [0, 0.05) is 58.9 Å². The molecular weight excluding hydrogens is 376 g/mol. The first-order valence-electron chi connectivity index (χ1n) is 11.0. The Kier molecular flexibility index (Phi) is 15.0. The van der Waals surface area contributed by atoms with Crippen LogP contribution >= 0.6 is 0 Å². The molecular formula is C19H44N2O4Si2. The quantitative estimate of drug-likeness (QED) is 0.186. The molecule has 1 saturated carbocycles. The van der Waals surface area contributed by atoms with Crippen LogP contribution in [-0.4, -0.2) is 94.5 Å². The lowest BCUT2D eigenvalue weighted by Gasteiger charge is -2.36. The molecule has 0 amide bonds. The van der Waals surface area contributed by atoms with Crippen molar-refractivity contribution in [1.82, 2.24) is 10.6 Å². The Morgan fingerprint density at radius 3 is 2.04 bits per heavy atom. The van der Waals surface area contributed by atoms with E-state index in [0.717, 1.165) is 45.3 Å². The minimum absolute atomic E-state index is 0.398. The molecule has 0 saturated heterocycles. The Bertz CT molecular complexity index is 356. The number of aliphatic hydroxyl groups is 2. The summed E-state index contributed by atoms with van der Waals surface area (Å²) in [6, 6.07) is 3.32. The van der Waals surface area contributed by atoms with Crippen molar-refractivity contribution in [2.75, 3.05) is 39.5 Å². The lowest BCUT2D eigenvalue weighted by Crippen LogP contribution is -2.49. The molecule has 6 nitrogen and oxygen atoms in total. The van der Waals surface area contributed by atoms with Crippen LogP contribution in [0.5, 0.6) is 0 Å². The van der Waals surface area contributed by atoms with Gasteiger partial charge < -0.3 is 30.3 Å². The van der Waals surface area contributed by atoms with Crippen LogP contribution in [0.1, 0.15) is 39.0 Å². The van der Waals surface area contributed by atoms with E-state index in [-0.39, 0.29) is 0 Å². The highest BCUT2D eigenvalue weighted by Crippen LogP contribution is 2.24. The molecule has 0 heterocycles. The van der Waals surface area contributed by atoms with Gasteiger partial charge in [-0.05, 0) is 38.0 Å². The van der Waals surface area contributed by atoms with Crippen LogP contribution in [0.15, 0.2) is 0 Å². The summed E-state index contributed by atoms with van der Waals surface area (Å²) in [7, 11) is 2.44. The van der Waals surface area contributed by atoms with E-state index in [2.05, 4.69) is 17.6 Å². The third-order valence-electron chi connectivity index (χ3n) is 5.36. The number of rotatable bonds is 16. The molecule has 1 fully saturated rings. The fourth-order valence-electron chi connectivity index (χ4n) is 3.43. The molecule has 0 aromatic rings. The van der Waals surface area contributed by atoms with Crippen molar-refractivity contribution in [1.29, 1.82) is 0 Å². The van der Waals surface area contributed by atoms with Crippen molar-refractivity contribution in [3.8, 4) is 0 Å². The lowest BCUT2D eigenvalue weighted by atomic mass is 9.82. The van der Waals surface area contributed by atoms with Crippen LogP contribution < -0.4 is 10.6 Å². The van der Waals surface area contributed by atoms with Gasteiger partial charge in [-0.15, -0.1) is 0 Å². The molecule has 0 aliphatic heterocycles. The van der Waals surface area contributed by atoms with Crippen molar-refractivity contribution in [2.24, 2.45) is 5.92 Å². The van der Waals surface area contributed by atoms with E-state index in [0.29, 0.717) is 44.3 Å². The summed E-state index contributed by atoms with van der Waals surface area (Å²) < 4.78 is 11.0. The maximum atomic E-state index is 10.1. The number of ether oxygens (including phenoxy) is 2. The van der Waals surface area contributed by atoms with Crippen molar-refractivity contribution < 1.29 is 19.7 Å². The summed E-state index contributed by atoms with van der Waals surface area (Å²) in [6.45, 7) is 5.82. The molecule has 8 heteroatoms. The topological polar surface area (TPSA) is 83.0 Å². The van der Waals surface area contributed by atoms with Gasteiger partial charge >= 0.3 is 0 Å². The second-order valence-electron chi connectivity index (χ2n) is 8.07. The molecule has 5 atom stereocenters.